The van der Waals surface area contributed by atoms with Gasteiger partial charge in [0.2, 0.25) is 0 Å². The van der Waals surface area contributed by atoms with Gasteiger partial charge in [-0.1, -0.05) is 0 Å². The lowest BCUT2D eigenvalue weighted by atomic mass is 10.1. The van der Waals surface area contributed by atoms with Crippen LogP contribution in [0.2, 0.25) is 0 Å². The Morgan fingerprint density at radius 1 is 1.56 bits per heavy atom. The normalized spacial score (nSPS) is 11.6. The van der Waals surface area contributed by atoms with Crippen LogP contribution >= 0.6 is 0 Å². The van der Waals surface area contributed by atoms with Crippen molar-refractivity contribution in [2.45, 2.75) is 19.4 Å². The average molecular weight is 223 g/mol. The summed E-state index contributed by atoms with van der Waals surface area (Å²) in [6, 6.07) is 2.44. The van der Waals surface area contributed by atoms with Crippen molar-refractivity contribution in [1.29, 1.82) is 0 Å². The molecule has 0 spiro atoms. The van der Waals surface area contributed by atoms with Crippen molar-refractivity contribution < 1.29 is 13.6 Å². The van der Waals surface area contributed by atoms with Gasteiger partial charge >= 0.3 is 0 Å². The predicted octanol–water partition coefficient (Wildman–Crippen LogP) is 2.11. The fourth-order valence-electron chi connectivity index (χ4n) is 1.20. The number of carbonyl (C=O) groups excluding carboxylic acids is 1. The summed E-state index contributed by atoms with van der Waals surface area (Å²) in [6.45, 7) is 1.69. The Hall–Kier alpha value is -1.89. The maximum absolute atomic E-state index is 13.2. The molecule has 1 rings (SSSR count). The maximum atomic E-state index is 13.2. The van der Waals surface area contributed by atoms with E-state index in [-0.39, 0.29) is 11.6 Å². The number of benzene rings is 1. The summed E-state index contributed by atoms with van der Waals surface area (Å²) >= 11 is 0. The second-order valence-corrected chi connectivity index (χ2v) is 3.41. The zero-order chi connectivity index (χ0) is 12.1. The lowest BCUT2D eigenvalue weighted by molar-refractivity contribution is 0.0936. The zero-order valence-corrected chi connectivity index (χ0v) is 8.76. The second kappa shape index (κ2) is 5.26. The van der Waals surface area contributed by atoms with E-state index in [4.69, 9.17) is 6.42 Å². The van der Waals surface area contributed by atoms with Gasteiger partial charge in [-0.25, -0.2) is 8.78 Å². The Morgan fingerprint density at radius 2 is 2.25 bits per heavy atom. The molecule has 0 heterocycles. The third-order valence-corrected chi connectivity index (χ3v) is 1.97. The molecule has 2 nitrogen and oxygen atoms in total. The van der Waals surface area contributed by atoms with Crippen LogP contribution in [0.1, 0.15) is 23.7 Å². The van der Waals surface area contributed by atoms with Crippen LogP contribution in [0.4, 0.5) is 8.78 Å². The fourth-order valence-corrected chi connectivity index (χ4v) is 1.20. The Kier molecular flexibility index (Phi) is 4.01. The molecule has 0 saturated carbocycles. The minimum atomic E-state index is -0.758. The number of amides is 1. The van der Waals surface area contributed by atoms with Crippen LogP contribution in [0.3, 0.4) is 0 Å². The number of carbonyl (C=O) groups is 1. The van der Waals surface area contributed by atoms with E-state index in [1.54, 1.807) is 6.92 Å². The predicted molar refractivity (Wildman–Crippen MR) is 56.7 cm³/mol. The molecule has 0 aliphatic rings. The molecule has 0 bridgehead atoms. The summed E-state index contributed by atoms with van der Waals surface area (Å²) in [5.74, 6) is 0.287. The van der Waals surface area contributed by atoms with Gasteiger partial charge in [0, 0.05) is 12.5 Å². The van der Waals surface area contributed by atoms with E-state index in [2.05, 4.69) is 11.2 Å². The first-order chi connectivity index (χ1) is 7.54. The van der Waals surface area contributed by atoms with Gasteiger partial charge in [-0.05, 0) is 25.1 Å². The van der Waals surface area contributed by atoms with E-state index in [1.807, 2.05) is 0 Å². The van der Waals surface area contributed by atoms with Crippen molar-refractivity contribution in [2.75, 3.05) is 0 Å². The Bertz CT molecular complexity index is 437. The van der Waals surface area contributed by atoms with Gasteiger partial charge in [0.05, 0.1) is 5.56 Å². The standard InChI is InChI=1S/C12H11F2NO/c1-3-4-8(2)15-12(16)10-7-9(13)5-6-11(10)14/h1,5-8H,4H2,2H3,(H,15,16). The van der Waals surface area contributed by atoms with Gasteiger partial charge in [-0.2, -0.15) is 0 Å². The third-order valence-electron chi connectivity index (χ3n) is 1.97. The molecule has 1 amide bonds. The molecular weight excluding hydrogens is 212 g/mol. The lowest BCUT2D eigenvalue weighted by Gasteiger charge is -2.11. The van der Waals surface area contributed by atoms with Gasteiger partial charge in [0.25, 0.3) is 5.91 Å². The molecule has 1 aromatic rings. The summed E-state index contributed by atoms with van der Waals surface area (Å²) in [6.07, 6.45) is 5.40. The molecule has 0 aliphatic heterocycles. The first kappa shape index (κ1) is 12.2. The van der Waals surface area contributed by atoms with E-state index < -0.39 is 17.5 Å². The zero-order valence-electron chi connectivity index (χ0n) is 8.76. The second-order valence-electron chi connectivity index (χ2n) is 3.41. The van der Waals surface area contributed by atoms with Crippen molar-refractivity contribution in [3.63, 3.8) is 0 Å². The molecule has 84 valence electrons. The van der Waals surface area contributed by atoms with Gasteiger partial charge < -0.3 is 5.32 Å². The molecule has 0 aromatic heterocycles. The van der Waals surface area contributed by atoms with Crippen molar-refractivity contribution in [3.8, 4) is 12.3 Å². The smallest absolute Gasteiger partial charge is 0.254 e. The molecule has 0 fully saturated rings. The highest BCUT2D eigenvalue weighted by atomic mass is 19.1. The lowest BCUT2D eigenvalue weighted by Crippen LogP contribution is -2.32. The van der Waals surface area contributed by atoms with E-state index in [0.717, 1.165) is 18.2 Å². The molecule has 1 N–H and O–H groups in total. The summed E-state index contributed by atoms with van der Waals surface area (Å²) in [5, 5.41) is 2.48. The SMILES string of the molecule is C#CCC(C)NC(=O)c1cc(F)ccc1F. The topological polar surface area (TPSA) is 29.1 Å². The number of halogens is 2. The number of nitrogens with one attached hydrogen (secondary N) is 1. The van der Waals surface area contributed by atoms with Crippen molar-refractivity contribution in [3.05, 3.63) is 35.4 Å². The van der Waals surface area contributed by atoms with E-state index in [1.165, 1.54) is 0 Å². The summed E-state index contributed by atoms with van der Waals surface area (Å²) < 4.78 is 26.0. The molecule has 1 atom stereocenters. The van der Waals surface area contributed by atoms with E-state index in [9.17, 15) is 13.6 Å². The minimum Gasteiger partial charge on any atom is -0.349 e. The Balaban J connectivity index is 2.81. The van der Waals surface area contributed by atoms with Crippen LogP contribution in [0.15, 0.2) is 18.2 Å². The van der Waals surface area contributed by atoms with Crippen molar-refractivity contribution in [2.24, 2.45) is 0 Å². The van der Waals surface area contributed by atoms with Gasteiger partial charge in [0.1, 0.15) is 11.6 Å². The molecule has 4 heteroatoms. The molecular formula is C12H11F2NO. The van der Waals surface area contributed by atoms with Crippen LogP contribution < -0.4 is 5.32 Å². The highest BCUT2D eigenvalue weighted by molar-refractivity contribution is 5.94. The highest BCUT2D eigenvalue weighted by Crippen LogP contribution is 2.09. The highest BCUT2D eigenvalue weighted by Gasteiger charge is 2.14. The number of hydrogen-bond donors (Lipinski definition) is 1. The van der Waals surface area contributed by atoms with Gasteiger partial charge in [-0.3, -0.25) is 4.79 Å². The summed E-state index contributed by atoms with van der Waals surface area (Å²) in [5.41, 5.74) is -0.316. The molecule has 1 aromatic carbocycles. The monoisotopic (exact) mass is 223 g/mol. The molecule has 0 radical (unpaired) electrons. The van der Waals surface area contributed by atoms with Crippen LogP contribution in [0.25, 0.3) is 0 Å². The molecule has 0 aliphatic carbocycles. The maximum Gasteiger partial charge on any atom is 0.254 e. The molecule has 0 saturated heterocycles. The van der Waals surface area contributed by atoms with Crippen LogP contribution in [0.5, 0.6) is 0 Å². The number of terminal acetylenes is 1. The van der Waals surface area contributed by atoms with Crippen LogP contribution in [0, 0.1) is 24.0 Å². The van der Waals surface area contributed by atoms with Gasteiger partial charge in [0.15, 0.2) is 0 Å². The average Bonchev–Trinajstić information content (AvgIpc) is 2.21. The molecule has 16 heavy (non-hydrogen) atoms. The third kappa shape index (κ3) is 3.06. The first-order valence-electron chi connectivity index (χ1n) is 4.74. The number of hydrogen-bond acceptors (Lipinski definition) is 1. The fraction of sp³-hybridized carbons (Fsp3) is 0.250. The minimum absolute atomic E-state index is 0.278. The van der Waals surface area contributed by atoms with E-state index >= 15 is 0 Å². The van der Waals surface area contributed by atoms with Gasteiger partial charge in [-0.15, -0.1) is 12.3 Å². The Morgan fingerprint density at radius 3 is 2.88 bits per heavy atom. The summed E-state index contributed by atoms with van der Waals surface area (Å²) in [7, 11) is 0. The largest absolute Gasteiger partial charge is 0.349 e. The van der Waals surface area contributed by atoms with Crippen LogP contribution in [-0.2, 0) is 0 Å². The quantitative estimate of drug-likeness (QED) is 0.781. The van der Waals surface area contributed by atoms with Crippen LogP contribution in [-0.4, -0.2) is 11.9 Å². The Labute approximate surface area is 92.7 Å². The first-order valence-corrected chi connectivity index (χ1v) is 4.74. The summed E-state index contributed by atoms with van der Waals surface area (Å²) in [4.78, 5) is 11.5. The van der Waals surface area contributed by atoms with Crippen molar-refractivity contribution >= 4 is 5.91 Å². The van der Waals surface area contributed by atoms with E-state index in [0.29, 0.717) is 6.42 Å². The van der Waals surface area contributed by atoms with Crippen molar-refractivity contribution in [1.82, 2.24) is 5.32 Å². The molecule has 1 unspecified atom stereocenters. The number of rotatable bonds is 3.